The van der Waals surface area contributed by atoms with Gasteiger partial charge in [0.2, 0.25) is 5.91 Å². The number of rotatable bonds is 6. The maximum absolute atomic E-state index is 11.9. The molecule has 0 spiro atoms. The first kappa shape index (κ1) is 16.7. The minimum atomic E-state index is -0.657. The third-order valence-electron chi connectivity index (χ3n) is 3.45. The number of ether oxygens (including phenoxy) is 1. The number of benzene rings is 2. The van der Waals surface area contributed by atoms with Gasteiger partial charge in [-0.3, -0.25) is 4.79 Å². The fraction of sp³-hybridized carbons (Fsp3) is 0.263. The normalized spacial score (nSPS) is 11.6. The van der Waals surface area contributed by atoms with Gasteiger partial charge in [-0.1, -0.05) is 54.6 Å². The molecule has 1 N–H and O–H groups in total. The Bertz CT molecular complexity index is 650. The van der Waals surface area contributed by atoms with Crippen LogP contribution in [0, 0.1) is 0 Å². The fourth-order valence-corrected chi connectivity index (χ4v) is 2.38. The second-order valence-corrected chi connectivity index (χ2v) is 5.27. The first-order valence-corrected chi connectivity index (χ1v) is 7.68. The van der Waals surface area contributed by atoms with Crippen LogP contribution < -0.4 is 5.32 Å². The zero-order valence-electron chi connectivity index (χ0n) is 13.4. The van der Waals surface area contributed by atoms with Crippen molar-refractivity contribution in [2.24, 2.45) is 0 Å². The fourth-order valence-electron chi connectivity index (χ4n) is 2.38. The highest BCUT2D eigenvalue weighted by Crippen LogP contribution is 2.19. The van der Waals surface area contributed by atoms with Crippen LogP contribution in [0.4, 0.5) is 0 Å². The van der Waals surface area contributed by atoms with Crippen molar-refractivity contribution in [3.63, 3.8) is 0 Å². The Balaban J connectivity index is 2.11. The number of amides is 1. The van der Waals surface area contributed by atoms with Crippen molar-refractivity contribution in [2.45, 2.75) is 26.3 Å². The first-order valence-electron chi connectivity index (χ1n) is 7.68. The average Bonchev–Trinajstić information content (AvgIpc) is 2.55. The largest absolute Gasteiger partial charge is 0.464 e. The van der Waals surface area contributed by atoms with Crippen molar-refractivity contribution in [3.8, 4) is 11.1 Å². The third-order valence-corrected chi connectivity index (χ3v) is 3.45. The van der Waals surface area contributed by atoms with E-state index in [0.29, 0.717) is 13.0 Å². The standard InChI is InChI=1S/C19H21NO3/c1-3-23-19(22)18(20-14(2)21)13-15-9-11-17(12-10-15)16-7-5-4-6-8-16/h4-12,18H,3,13H2,1-2H3,(H,20,21)/t18-/m1/s1. The molecule has 0 radical (unpaired) electrons. The molecule has 0 aromatic heterocycles. The molecule has 2 aromatic carbocycles. The third kappa shape index (κ3) is 4.95. The minimum absolute atomic E-state index is 0.246. The molecule has 23 heavy (non-hydrogen) atoms. The molecule has 1 amide bonds. The molecule has 120 valence electrons. The smallest absolute Gasteiger partial charge is 0.328 e. The summed E-state index contributed by atoms with van der Waals surface area (Å²) in [4.78, 5) is 23.2. The lowest BCUT2D eigenvalue weighted by molar-refractivity contribution is -0.147. The molecule has 2 rings (SSSR count). The molecule has 0 heterocycles. The van der Waals surface area contributed by atoms with Crippen LogP contribution in [0.2, 0.25) is 0 Å². The van der Waals surface area contributed by atoms with Gasteiger partial charge in [0.1, 0.15) is 6.04 Å². The summed E-state index contributed by atoms with van der Waals surface area (Å²) >= 11 is 0. The van der Waals surface area contributed by atoms with E-state index in [1.807, 2.05) is 54.6 Å². The summed E-state index contributed by atoms with van der Waals surface area (Å²) in [6, 6.07) is 17.4. The van der Waals surface area contributed by atoms with E-state index < -0.39 is 12.0 Å². The number of hydrogen-bond acceptors (Lipinski definition) is 3. The van der Waals surface area contributed by atoms with Crippen LogP contribution in [0.5, 0.6) is 0 Å². The van der Waals surface area contributed by atoms with E-state index in [1.54, 1.807) is 6.92 Å². The molecule has 0 bridgehead atoms. The van der Waals surface area contributed by atoms with Crippen LogP contribution in [0.3, 0.4) is 0 Å². The van der Waals surface area contributed by atoms with Crippen LogP contribution in [0.1, 0.15) is 19.4 Å². The molecule has 2 aromatic rings. The first-order chi connectivity index (χ1) is 11.1. The van der Waals surface area contributed by atoms with Crippen LogP contribution in [-0.2, 0) is 20.7 Å². The van der Waals surface area contributed by atoms with Gasteiger partial charge in [0.25, 0.3) is 0 Å². The zero-order valence-corrected chi connectivity index (χ0v) is 13.4. The second-order valence-electron chi connectivity index (χ2n) is 5.27. The number of esters is 1. The summed E-state index contributed by atoms with van der Waals surface area (Å²) in [5.74, 6) is -0.654. The maximum Gasteiger partial charge on any atom is 0.328 e. The van der Waals surface area contributed by atoms with E-state index in [2.05, 4.69) is 5.32 Å². The minimum Gasteiger partial charge on any atom is -0.464 e. The van der Waals surface area contributed by atoms with Crippen molar-refractivity contribution < 1.29 is 14.3 Å². The van der Waals surface area contributed by atoms with Crippen LogP contribution in [-0.4, -0.2) is 24.5 Å². The number of nitrogens with one attached hydrogen (secondary N) is 1. The van der Waals surface area contributed by atoms with E-state index in [-0.39, 0.29) is 5.91 Å². The van der Waals surface area contributed by atoms with Crippen LogP contribution in [0.15, 0.2) is 54.6 Å². The maximum atomic E-state index is 11.9. The molecule has 0 saturated carbocycles. The number of carbonyl (C=O) groups excluding carboxylic acids is 2. The average molecular weight is 311 g/mol. The van der Waals surface area contributed by atoms with Gasteiger partial charge < -0.3 is 10.1 Å². The van der Waals surface area contributed by atoms with E-state index in [1.165, 1.54) is 6.92 Å². The predicted molar refractivity (Wildman–Crippen MR) is 89.8 cm³/mol. The van der Waals surface area contributed by atoms with Gasteiger partial charge in [0, 0.05) is 13.3 Å². The molecule has 1 atom stereocenters. The molecular formula is C19H21NO3. The Morgan fingerprint density at radius 2 is 1.61 bits per heavy atom. The molecule has 0 aliphatic heterocycles. The molecule has 4 nitrogen and oxygen atoms in total. The Kier molecular flexibility index (Phi) is 5.92. The summed E-state index contributed by atoms with van der Waals surface area (Å²) < 4.78 is 5.02. The summed E-state index contributed by atoms with van der Waals surface area (Å²) in [7, 11) is 0. The summed E-state index contributed by atoms with van der Waals surface area (Å²) in [5, 5.41) is 2.65. The van der Waals surface area contributed by atoms with E-state index in [0.717, 1.165) is 16.7 Å². The van der Waals surface area contributed by atoms with Crippen molar-refractivity contribution in [3.05, 3.63) is 60.2 Å². The Labute approximate surface area is 136 Å². The molecule has 0 unspecified atom stereocenters. The summed E-state index contributed by atoms with van der Waals surface area (Å²) in [6.07, 6.45) is 0.410. The molecule has 0 aliphatic rings. The molecule has 0 saturated heterocycles. The second kappa shape index (κ2) is 8.13. The van der Waals surface area contributed by atoms with Crippen LogP contribution >= 0.6 is 0 Å². The predicted octanol–water partition coefficient (Wildman–Crippen LogP) is 2.96. The van der Waals surface area contributed by atoms with Gasteiger partial charge in [-0.05, 0) is 23.6 Å². The monoisotopic (exact) mass is 311 g/mol. The molecule has 0 aliphatic carbocycles. The van der Waals surface area contributed by atoms with Crippen molar-refractivity contribution >= 4 is 11.9 Å². The zero-order chi connectivity index (χ0) is 16.7. The van der Waals surface area contributed by atoms with E-state index in [4.69, 9.17) is 4.74 Å². The molecule has 4 heteroatoms. The highest BCUT2D eigenvalue weighted by molar-refractivity contribution is 5.83. The van der Waals surface area contributed by atoms with Gasteiger partial charge in [-0.15, -0.1) is 0 Å². The van der Waals surface area contributed by atoms with Crippen molar-refractivity contribution in [1.82, 2.24) is 5.32 Å². The Hall–Kier alpha value is -2.62. The van der Waals surface area contributed by atoms with Gasteiger partial charge >= 0.3 is 5.97 Å². The van der Waals surface area contributed by atoms with Crippen molar-refractivity contribution in [2.75, 3.05) is 6.61 Å². The summed E-state index contributed by atoms with van der Waals surface area (Å²) in [6.45, 7) is 3.43. The van der Waals surface area contributed by atoms with Gasteiger partial charge in [0.15, 0.2) is 0 Å². The van der Waals surface area contributed by atoms with E-state index >= 15 is 0 Å². The Morgan fingerprint density at radius 1 is 1.00 bits per heavy atom. The highest BCUT2D eigenvalue weighted by atomic mass is 16.5. The lowest BCUT2D eigenvalue weighted by Crippen LogP contribution is -2.42. The summed E-state index contributed by atoms with van der Waals surface area (Å²) in [5.41, 5.74) is 3.22. The lowest BCUT2D eigenvalue weighted by atomic mass is 10.0. The van der Waals surface area contributed by atoms with Gasteiger partial charge in [0.05, 0.1) is 6.61 Å². The topological polar surface area (TPSA) is 55.4 Å². The number of hydrogen-bond donors (Lipinski definition) is 1. The molecule has 0 fully saturated rings. The lowest BCUT2D eigenvalue weighted by Gasteiger charge is -2.16. The quantitative estimate of drug-likeness (QED) is 0.835. The van der Waals surface area contributed by atoms with Gasteiger partial charge in [-0.25, -0.2) is 4.79 Å². The van der Waals surface area contributed by atoms with Crippen molar-refractivity contribution in [1.29, 1.82) is 0 Å². The molecular weight excluding hydrogens is 290 g/mol. The van der Waals surface area contributed by atoms with E-state index in [9.17, 15) is 9.59 Å². The van der Waals surface area contributed by atoms with Crippen LogP contribution in [0.25, 0.3) is 11.1 Å². The number of carbonyl (C=O) groups is 2. The highest BCUT2D eigenvalue weighted by Gasteiger charge is 2.21. The Morgan fingerprint density at radius 3 is 2.17 bits per heavy atom. The SMILES string of the molecule is CCOC(=O)[C@@H](Cc1ccc(-c2ccccc2)cc1)NC(C)=O. The van der Waals surface area contributed by atoms with Gasteiger partial charge in [-0.2, -0.15) is 0 Å².